The van der Waals surface area contributed by atoms with Gasteiger partial charge in [0.15, 0.2) is 0 Å². The Balaban J connectivity index is 2.51. The summed E-state index contributed by atoms with van der Waals surface area (Å²) in [4.78, 5) is 0. The third kappa shape index (κ3) is 2.58. The molecule has 0 spiro atoms. The van der Waals surface area contributed by atoms with Crippen LogP contribution in [-0.2, 0) is 0 Å². The molecule has 1 unspecified atom stereocenters. The molecule has 0 amide bonds. The van der Waals surface area contributed by atoms with E-state index in [1.54, 1.807) is 0 Å². The molecule has 0 saturated carbocycles. The first-order valence-corrected chi connectivity index (χ1v) is 6.63. The second-order valence-corrected chi connectivity index (χ2v) is 5.36. The smallest absolute Gasteiger partial charge is 0.123 e. The second kappa shape index (κ2) is 5.39. The van der Waals surface area contributed by atoms with Gasteiger partial charge in [0.2, 0.25) is 0 Å². The molecule has 0 bridgehead atoms. The van der Waals surface area contributed by atoms with Gasteiger partial charge >= 0.3 is 0 Å². The van der Waals surface area contributed by atoms with Crippen LogP contribution in [0.3, 0.4) is 0 Å². The lowest BCUT2D eigenvalue weighted by molar-refractivity contribution is 0.623. The van der Waals surface area contributed by atoms with E-state index in [1.807, 2.05) is 25.1 Å². The Morgan fingerprint density at radius 1 is 1.22 bits per heavy atom. The predicted octanol–water partition coefficient (Wildman–Crippen LogP) is 4.60. The Hall–Kier alpha value is -0.900. The van der Waals surface area contributed by atoms with E-state index in [2.05, 4.69) is 15.9 Å². The molecule has 0 aliphatic heterocycles. The number of nitrogens with two attached hydrogens (primary N) is 1. The van der Waals surface area contributed by atoms with Crippen molar-refractivity contribution in [1.82, 2.24) is 0 Å². The molecule has 2 rings (SSSR count). The van der Waals surface area contributed by atoms with Crippen molar-refractivity contribution in [2.45, 2.75) is 13.0 Å². The van der Waals surface area contributed by atoms with Crippen molar-refractivity contribution in [2.24, 2.45) is 5.73 Å². The zero-order valence-corrected chi connectivity index (χ0v) is 12.1. The third-order valence-corrected chi connectivity index (χ3v) is 4.14. The highest BCUT2D eigenvalue weighted by Gasteiger charge is 2.16. The van der Waals surface area contributed by atoms with E-state index in [1.165, 1.54) is 18.2 Å². The lowest BCUT2D eigenvalue weighted by Crippen LogP contribution is -2.14. The van der Waals surface area contributed by atoms with Gasteiger partial charge in [0, 0.05) is 9.50 Å². The molecule has 0 aliphatic rings. The molecule has 2 aromatic carbocycles. The Morgan fingerprint density at radius 3 is 2.67 bits per heavy atom. The molecule has 0 aliphatic carbocycles. The fourth-order valence-corrected chi connectivity index (χ4v) is 2.50. The molecule has 0 saturated heterocycles. The summed E-state index contributed by atoms with van der Waals surface area (Å²) in [5.41, 5.74) is 8.74. The predicted molar refractivity (Wildman–Crippen MR) is 76.3 cm³/mol. The molecule has 0 heterocycles. The Bertz CT molecular complexity index is 584. The van der Waals surface area contributed by atoms with Gasteiger partial charge in [-0.25, -0.2) is 4.39 Å². The standard InChI is InChI=1S/C14H12BrClFN/c1-8-10(3-2-4-12(8)15)14(18)11-7-9(17)5-6-13(11)16/h2-7,14H,18H2,1H3. The summed E-state index contributed by atoms with van der Waals surface area (Å²) < 4.78 is 14.3. The molecule has 4 heteroatoms. The van der Waals surface area contributed by atoms with Crippen molar-refractivity contribution in [3.8, 4) is 0 Å². The summed E-state index contributed by atoms with van der Waals surface area (Å²) >= 11 is 9.53. The largest absolute Gasteiger partial charge is 0.320 e. The summed E-state index contributed by atoms with van der Waals surface area (Å²) in [5.74, 6) is -0.336. The van der Waals surface area contributed by atoms with E-state index in [4.69, 9.17) is 17.3 Å². The van der Waals surface area contributed by atoms with Crippen molar-refractivity contribution >= 4 is 27.5 Å². The van der Waals surface area contributed by atoms with E-state index in [-0.39, 0.29) is 5.82 Å². The summed E-state index contributed by atoms with van der Waals surface area (Å²) in [6, 6.07) is 9.56. The Morgan fingerprint density at radius 2 is 1.94 bits per heavy atom. The normalized spacial score (nSPS) is 12.5. The molecule has 0 fully saturated rings. The van der Waals surface area contributed by atoms with Crippen LogP contribution >= 0.6 is 27.5 Å². The quantitative estimate of drug-likeness (QED) is 0.856. The van der Waals surface area contributed by atoms with Crippen LogP contribution in [0.5, 0.6) is 0 Å². The van der Waals surface area contributed by atoms with Gasteiger partial charge in [-0.3, -0.25) is 0 Å². The SMILES string of the molecule is Cc1c(Br)cccc1C(N)c1cc(F)ccc1Cl. The van der Waals surface area contributed by atoms with Crippen LogP contribution < -0.4 is 5.73 Å². The molecule has 18 heavy (non-hydrogen) atoms. The van der Waals surface area contributed by atoms with Crippen LogP contribution in [0.25, 0.3) is 0 Å². The van der Waals surface area contributed by atoms with E-state index >= 15 is 0 Å². The van der Waals surface area contributed by atoms with E-state index < -0.39 is 6.04 Å². The van der Waals surface area contributed by atoms with Crippen LogP contribution in [0.15, 0.2) is 40.9 Å². The Kier molecular flexibility index (Phi) is 4.05. The van der Waals surface area contributed by atoms with Crippen LogP contribution in [-0.4, -0.2) is 0 Å². The number of hydrogen-bond acceptors (Lipinski definition) is 1. The fourth-order valence-electron chi connectivity index (χ4n) is 1.88. The second-order valence-electron chi connectivity index (χ2n) is 4.10. The molecular formula is C14H12BrClFN. The van der Waals surface area contributed by atoms with E-state index in [0.29, 0.717) is 10.6 Å². The average Bonchev–Trinajstić information content (AvgIpc) is 2.35. The summed E-state index contributed by atoms with van der Waals surface area (Å²) in [6.07, 6.45) is 0. The number of rotatable bonds is 2. The highest BCUT2D eigenvalue weighted by Crippen LogP contribution is 2.31. The van der Waals surface area contributed by atoms with Crippen LogP contribution in [0.1, 0.15) is 22.7 Å². The topological polar surface area (TPSA) is 26.0 Å². The molecule has 0 aromatic heterocycles. The van der Waals surface area contributed by atoms with Crippen LogP contribution in [0.4, 0.5) is 4.39 Å². The van der Waals surface area contributed by atoms with Crippen LogP contribution in [0, 0.1) is 12.7 Å². The first-order chi connectivity index (χ1) is 8.50. The van der Waals surface area contributed by atoms with E-state index in [0.717, 1.165) is 15.6 Å². The van der Waals surface area contributed by atoms with Crippen LogP contribution in [0.2, 0.25) is 5.02 Å². The van der Waals surface area contributed by atoms with Gasteiger partial charge in [0.1, 0.15) is 5.82 Å². The minimum atomic E-state index is -0.439. The highest BCUT2D eigenvalue weighted by molar-refractivity contribution is 9.10. The van der Waals surface area contributed by atoms with Gasteiger partial charge < -0.3 is 5.73 Å². The molecule has 1 atom stereocenters. The minimum Gasteiger partial charge on any atom is -0.320 e. The van der Waals surface area contributed by atoms with Gasteiger partial charge in [-0.15, -0.1) is 0 Å². The van der Waals surface area contributed by atoms with Gasteiger partial charge in [0.05, 0.1) is 6.04 Å². The first-order valence-electron chi connectivity index (χ1n) is 5.46. The molecule has 2 aromatic rings. The van der Waals surface area contributed by atoms with Gasteiger partial charge in [0.25, 0.3) is 0 Å². The number of benzene rings is 2. The summed E-state index contributed by atoms with van der Waals surface area (Å²) in [5, 5.41) is 0.475. The van der Waals surface area contributed by atoms with Gasteiger partial charge in [-0.05, 0) is 47.9 Å². The maximum absolute atomic E-state index is 13.3. The summed E-state index contributed by atoms with van der Waals surface area (Å²) in [6.45, 7) is 1.96. The number of halogens is 3. The van der Waals surface area contributed by atoms with Crippen molar-refractivity contribution < 1.29 is 4.39 Å². The molecule has 2 N–H and O–H groups in total. The van der Waals surface area contributed by atoms with Crippen molar-refractivity contribution in [2.75, 3.05) is 0 Å². The molecular weight excluding hydrogens is 317 g/mol. The molecule has 0 radical (unpaired) electrons. The van der Waals surface area contributed by atoms with Gasteiger partial charge in [-0.1, -0.05) is 39.7 Å². The lowest BCUT2D eigenvalue weighted by Gasteiger charge is -2.17. The minimum absolute atomic E-state index is 0.336. The monoisotopic (exact) mass is 327 g/mol. The fraction of sp³-hybridized carbons (Fsp3) is 0.143. The average molecular weight is 329 g/mol. The first kappa shape index (κ1) is 13.5. The van der Waals surface area contributed by atoms with E-state index in [9.17, 15) is 4.39 Å². The maximum Gasteiger partial charge on any atom is 0.123 e. The molecule has 1 nitrogen and oxygen atoms in total. The highest BCUT2D eigenvalue weighted by atomic mass is 79.9. The Labute approximate surface area is 119 Å². The zero-order valence-electron chi connectivity index (χ0n) is 9.75. The van der Waals surface area contributed by atoms with Crippen molar-refractivity contribution in [1.29, 1.82) is 0 Å². The number of hydrogen-bond donors (Lipinski definition) is 1. The van der Waals surface area contributed by atoms with Crippen molar-refractivity contribution in [3.63, 3.8) is 0 Å². The summed E-state index contributed by atoms with van der Waals surface area (Å²) in [7, 11) is 0. The van der Waals surface area contributed by atoms with Crippen molar-refractivity contribution in [3.05, 3.63) is 68.4 Å². The van der Waals surface area contributed by atoms with Gasteiger partial charge in [-0.2, -0.15) is 0 Å². The molecule has 94 valence electrons. The lowest BCUT2D eigenvalue weighted by atomic mass is 9.96. The third-order valence-electron chi connectivity index (χ3n) is 2.94. The maximum atomic E-state index is 13.3. The zero-order chi connectivity index (χ0) is 13.3.